The molecule has 0 saturated carbocycles. The number of aliphatic hydroxyl groups is 2. The fourth-order valence-corrected chi connectivity index (χ4v) is 2.66. The van der Waals surface area contributed by atoms with E-state index in [9.17, 15) is 14.7 Å². The molecule has 2 saturated heterocycles. The number of nitrogens with zero attached hydrogens (tertiary/aromatic N) is 1. The number of hydrogen-bond acceptors (Lipinski definition) is 5. The van der Waals surface area contributed by atoms with Crippen molar-refractivity contribution >= 4 is 43.8 Å². The number of urea groups is 1. The maximum atomic E-state index is 11.7. The van der Waals surface area contributed by atoms with Gasteiger partial charge in [-0.05, 0) is 0 Å². The van der Waals surface area contributed by atoms with Gasteiger partial charge in [0.15, 0.2) is 3.23 Å². The first-order valence-electron chi connectivity index (χ1n) is 5.29. The molecule has 2 fully saturated rings. The van der Waals surface area contributed by atoms with Crippen molar-refractivity contribution in [3.8, 4) is 0 Å². The van der Waals surface area contributed by atoms with E-state index in [2.05, 4.69) is 37.2 Å². The Kier molecular flexibility index (Phi) is 3.98. The van der Waals surface area contributed by atoms with Crippen molar-refractivity contribution in [3.05, 3.63) is 0 Å². The fraction of sp³-hybridized carbons (Fsp3) is 0.778. The SMILES string of the molecule is O=C1NC(=O)C(Br)(Br)CN1[C@H]1C[C@H](O)[C@@H](CO)O1. The predicted molar refractivity (Wildman–Crippen MR) is 67.2 cm³/mol. The Balaban J connectivity index is 2.10. The smallest absolute Gasteiger partial charge is 0.326 e. The second-order valence-electron chi connectivity index (χ2n) is 4.21. The fourth-order valence-electron chi connectivity index (χ4n) is 1.92. The number of alkyl halides is 2. The molecule has 2 aliphatic heterocycles. The van der Waals surface area contributed by atoms with Gasteiger partial charge in [0.05, 0.1) is 19.3 Å². The third-order valence-corrected chi connectivity index (χ3v) is 4.14. The molecular weight excluding hydrogens is 376 g/mol. The van der Waals surface area contributed by atoms with Crippen molar-refractivity contribution < 1.29 is 24.5 Å². The average Bonchev–Trinajstić information content (AvgIpc) is 2.65. The maximum Gasteiger partial charge on any atom is 0.326 e. The van der Waals surface area contributed by atoms with Gasteiger partial charge in [0.2, 0.25) is 0 Å². The number of rotatable bonds is 2. The first-order valence-corrected chi connectivity index (χ1v) is 6.88. The average molecular weight is 388 g/mol. The summed E-state index contributed by atoms with van der Waals surface area (Å²) in [6.07, 6.45) is -2.01. The lowest BCUT2D eigenvalue weighted by atomic mass is 10.2. The first kappa shape index (κ1) is 14.2. The zero-order chi connectivity index (χ0) is 13.5. The molecule has 0 aromatic carbocycles. The molecule has 2 rings (SSSR count). The minimum Gasteiger partial charge on any atom is -0.394 e. The van der Waals surface area contributed by atoms with Gasteiger partial charge in [0.1, 0.15) is 12.3 Å². The highest BCUT2D eigenvalue weighted by atomic mass is 79.9. The van der Waals surface area contributed by atoms with Crippen molar-refractivity contribution in [3.63, 3.8) is 0 Å². The first-order chi connectivity index (χ1) is 8.35. The largest absolute Gasteiger partial charge is 0.394 e. The number of nitrogens with one attached hydrogen (secondary N) is 1. The molecule has 3 N–H and O–H groups in total. The number of imide groups is 1. The minimum absolute atomic E-state index is 0.0627. The van der Waals surface area contributed by atoms with Gasteiger partial charge in [-0.15, -0.1) is 0 Å². The molecule has 0 radical (unpaired) electrons. The molecule has 0 aliphatic carbocycles. The number of hydrogen-bond donors (Lipinski definition) is 3. The molecule has 2 heterocycles. The number of carbonyl (C=O) groups is 2. The van der Waals surface area contributed by atoms with Gasteiger partial charge in [-0.1, -0.05) is 31.9 Å². The lowest BCUT2D eigenvalue weighted by molar-refractivity contribution is -0.123. The van der Waals surface area contributed by atoms with Crippen LogP contribution in [-0.4, -0.2) is 61.9 Å². The molecule has 0 unspecified atom stereocenters. The Morgan fingerprint density at radius 3 is 2.72 bits per heavy atom. The van der Waals surface area contributed by atoms with Crippen LogP contribution in [0.4, 0.5) is 4.79 Å². The van der Waals surface area contributed by atoms with Crippen molar-refractivity contribution in [2.75, 3.05) is 13.2 Å². The molecule has 9 heteroatoms. The van der Waals surface area contributed by atoms with Crippen molar-refractivity contribution in [2.45, 2.75) is 28.1 Å². The van der Waals surface area contributed by atoms with Crippen LogP contribution < -0.4 is 5.32 Å². The molecule has 0 aromatic rings. The quantitative estimate of drug-likeness (QED) is 0.554. The lowest BCUT2D eigenvalue weighted by Gasteiger charge is -2.37. The standard InChI is InChI=1S/C9H12Br2N2O5/c10-9(11)3-13(8(17)12-7(9)16)6-1-4(15)5(2-14)18-6/h4-6,14-15H,1-3H2,(H,12,16,17)/t4-,5+,6+/m0/s1. The summed E-state index contributed by atoms with van der Waals surface area (Å²) >= 11 is 6.33. The number of halogens is 2. The van der Waals surface area contributed by atoms with E-state index in [4.69, 9.17) is 9.84 Å². The summed E-state index contributed by atoms with van der Waals surface area (Å²) in [5, 5.41) is 20.8. The molecule has 3 amide bonds. The number of carbonyl (C=O) groups excluding carboxylic acids is 2. The molecule has 102 valence electrons. The minimum atomic E-state index is -1.07. The summed E-state index contributed by atoms with van der Waals surface area (Å²) in [5.74, 6) is -0.485. The summed E-state index contributed by atoms with van der Waals surface area (Å²) in [4.78, 5) is 24.5. The van der Waals surface area contributed by atoms with E-state index in [1.165, 1.54) is 4.90 Å². The molecule has 0 bridgehead atoms. The zero-order valence-electron chi connectivity index (χ0n) is 9.18. The number of amides is 3. The van der Waals surface area contributed by atoms with E-state index in [0.717, 1.165) is 0 Å². The van der Waals surface area contributed by atoms with Crippen molar-refractivity contribution in [1.29, 1.82) is 0 Å². The summed E-state index contributed by atoms with van der Waals surface area (Å²) in [6, 6.07) is -0.578. The molecular formula is C9H12Br2N2O5. The lowest BCUT2D eigenvalue weighted by Crippen LogP contribution is -2.61. The van der Waals surface area contributed by atoms with Gasteiger partial charge in [0, 0.05) is 6.42 Å². The molecule has 18 heavy (non-hydrogen) atoms. The Morgan fingerprint density at radius 2 is 2.17 bits per heavy atom. The van der Waals surface area contributed by atoms with Crippen molar-refractivity contribution in [2.24, 2.45) is 0 Å². The third-order valence-electron chi connectivity index (χ3n) is 2.91. The van der Waals surface area contributed by atoms with E-state index < -0.39 is 33.6 Å². The highest BCUT2D eigenvalue weighted by Crippen LogP contribution is 2.33. The Labute approximate surface area is 120 Å². The third kappa shape index (κ3) is 2.55. The van der Waals surface area contributed by atoms with Crippen molar-refractivity contribution in [1.82, 2.24) is 10.2 Å². The summed E-state index contributed by atoms with van der Waals surface area (Å²) < 4.78 is 4.30. The molecule has 3 atom stereocenters. The predicted octanol–water partition coefficient (Wildman–Crippen LogP) is -0.508. The summed E-state index contributed by atoms with van der Waals surface area (Å²) in [6.45, 7) is -0.257. The van der Waals surface area contributed by atoms with Crippen LogP contribution in [0.25, 0.3) is 0 Å². The molecule has 0 aromatic heterocycles. The van der Waals surface area contributed by atoms with E-state index in [1.54, 1.807) is 0 Å². The summed E-state index contributed by atoms with van der Waals surface area (Å²) in [5.41, 5.74) is 0. The maximum absolute atomic E-state index is 11.7. The van der Waals surface area contributed by atoms with Crippen LogP contribution in [0, 0.1) is 0 Å². The van der Waals surface area contributed by atoms with Crippen LogP contribution in [0.15, 0.2) is 0 Å². The normalized spacial score (nSPS) is 35.8. The van der Waals surface area contributed by atoms with Gasteiger partial charge < -0.3 is 14.9 Å². The monoisotopic (exact) mass is 386 g/mol. The van der Waals surface area contributed by atoms with Crippen LogP contribution in [0.5, 0.6) is 0 Å². The second-order valence-corrected chi connectivity index (χ2v) is 7.98. The Bertz CT molecular complexity index is 378. The van der Waals surface area contributed by atoms with Crippen LogP contribution in [0.2, 0.25) is 0 Å². The van der Waals surface area contributed by atoms with E-state index >= 15 is 0 Å². The van der Waals surface area contributed by atoms with Crippen LogP contribution in [0.3, 0.4) is 0 Å². The molecule has 0 spiro atoms. The van der Waals surface area contributed by atoms with Gasteiger partial charge in [0.25, 0.3) is 5.91 Å². The van der Waals surface area contributed by atoms with E-state index in [1.807, 2.05) is 0 Å². The Hall–Kier alpha value is -0.220. The number of aliphatic hydroxyl groups excluding tert-OH is 2. The van der Waals surface area contributed by atoms with Crippen LogP contribution in [0.1, 0.15) is 6.42 Å². The molecule has 2 aliphatic rings. The van der Waals surface area contributed by atoms with Gasteiger partial charge in [-0.3, -0.25) is 15.0 Å². The second kappa shape index (κ2) is 5.04. The van der Waals surface area contributed by atoms with Gasteiger partial charge >= 0.3 is 6.03 Å². The van der Waals surface area contributed by atoms with E-state index in [0.29, 0.717) is 0 Å². The van der Waals surface area contributed by atoms with E-state index in [-0.39, 0.29) is 19.6 Å². The van der Waals surface area contributed by atoms with Gasteiger partial charge in [-0.25, -0.2) is 4.79 Å². The van der Waals surface area contributed by atoms with Crippen LogP contribution in [-0.2, 0) is 9.53 Å². The number of ether oxygens (including phenoxy) is 1. The van der Waals surface area contributed by atoms with Crippen LogP contribution >= 0.6 is 31.9 Å². The topological polar surface area (TPSA) is 99.1 Å². The highest BCUT2D eigenvalue weighted by molar-refractivity contribution is 9.26. The Morgan fingerprint density at radius 1 is 1.50 bits per heavy atom. The molecule has 7 nitrogen and oxygen atoms in total. The zero-order valence-corrected chi connectivity index (χ0v) is 12.3. The highest BCUT2D eigenvalue weighted by Gasteiger charge is 2.47. The summed E-state index contributed by atoms with van der Waals surface area (Å²) in [7, 11) is 0. The van der Waals surface area contributed by atoms with Gasteiger partial charge in [-0.2, -0.15) is 0 Å².